The van der Waals surface area contributed by atoms with Crippen LogP contribution in [0.15, 0.2) is 48.7 Å². The van der Waals surface area contributed by atoms with E-state index in [0.29, 0.717) is 18.3 Å². The monoisotopic (exact) mass is 383 g/mol. The highest BCUT2D eigenvalue weighted by molar-refractivity contribution is 7.80. The van der Waals surface area contributed by atoms with E-state index in [1.807, 2.05) is 32.2 Å². The van der Waals surface area contributed by atoms with Crippen LogP contribution in [0.1, 0.15) is 24.0 Å². The van der Waals surface area contributed by atoms with Crippen molar-refractivity contribution in [3.05, 3.63) is 59.8 Å². The zero-order chi connectivity index (χ0) is 19.2. The fraction of sp³-hybridized carbons (Fsp3) is 0.286. The Balaban J connectivity index is 2.03. The Morgan fingerprint density at radius 1 is 1.19 bits per heavy atom. The summed E-state index contributed by atoms with van der Waals surface area (Å²) in [6.07, 6.45) is 2.07. The van der Waals surface area contributed by atoms with Crippen molar-refractivity contribution in [2.75, 3.05) is 27.3 Å². The zero-order valence-electron chi connectivity index (χ0n) is 15.8. The van der Waals surface area contributed by atoms with E-state index in [4.69, 9.17) is 21.7 Å². The van der Waals surface area contributed by atoms with Gasteiger partial charge in [-0.2, -0.15) is 0 Å². The molecule has 3 N–H and O–H groups in total. The number of nitrogens with one attached hydrogen (secondary N) is 3. The van der Waals surface area contributed by atoms with Crippen LogP contribution < -0.4 is 20.1 Å². The molecular formula is C21H25N3O2S. The Morgan fingerprint density at radius 3 is 2.74 bits per heavy atom. The molecule has 0 fully saturated rings. The summed E-state index contributed by atoms with van der Waals surface area (Å²) in [7, 11) is 3.48. The first-order chi connectivity index (χ1) is 13.2. The van der Waals surface area contributed by atoms with Gasteiger partial charge in [0.15, 0.2) is 16.6 Å². The highest BCUT2D eigenvalue weighted by atomic mass is 32.1. The van der Waals surface area contributed by atoms with Crippen LogP contribution in [0, 0.1) is 0 Å². The molecule has 1 heterocycles. The number of ether oxygens (including phenoxy) is 2. The molecule has 1 aromatic heterocycles. The molecule has 3 rings (SSSR count). The number of H-pyrrole nitrogens is 1. The Morgan fingerprint density at radius 2 is 2.00 bits per heavy atom. The number of thiocarbonyl (C=S) groups is 1. The Kier molecular flexibility index (Phi) is 6.19. The van der Waals surface area contributed by atoms with Crippen molar-refractivity contribution in [1.29, 1.82) is 0 Å². The van der Waals surface area contributed by atoms with E-state index >= 15 is 0 Å². The molecule has 0 saturated carbocycles. The maximum absolute atomic E-state index is 5.66. The third-order valence-corrected chi connectivity index (χ3v) is 4.93. The summed E-state index contributed by atoms with van der Waals surface area (Å²) < 4.78 is 11.2. The molecular weight excluding hydrogens is 358 g/mol. The first kappa shape index (κ1) is 19.0. The molecule has 6 heteroatoms. The lowest BCUT2D eigenvalue weighted by Gasteiger charge is -2.20. The van der Waals surface area contributed by atoms with Crippen molar-refractivity contribution in [2.45, 2.75) is 12.8 Å². The topological polar surface area (TPSA) is 58.3 Å². The van der Waals surface area contributed by atoms with Crippen LogP contribution in [-0.4, -0.2) is 37.4 Å². The largest absolute Gasteiger partial charge is 0.493 e. The summed E-state index contributed by atoms with van der Waals surface area (Å²) in [6, 6.07) is 14.4. The second-order valence-corrected chi connectivity index (χ2v) is 6.55. The van der Waals surface area contributed by atoms with Crippen LogP contribution >= 0.6 is 12.2 Å². The molecule has 0 aliphatic heterocycles. The third-order valence-electron chi connectivity index (χ3n) is 4.58. The van der Waals surface area contributed by atoms with E-state index in [1.54, 1.807) is 7.11 Å². The van der Waals surface area contributed by atoms with Crippen LogP contribution in [0.4, 0.5) is 0 Å². The molecule has 5 nitrogen and oxygen atoms in total. The van der Waals surface area contributed by atoms with Gasteiger partial charge < -0.3 is 25.1 Å². The van der Waals surface area contributed by atoms with Crippen molar-refractivity contribution in [2.24, 2.45) is 0 Å². The average molecular weight is 384 g/mol. The minimum absolute atomic E-state index is 0.0945. The maximum Gasteiger partial charge on any atom is 0.166 e. The van der Waals surface area contributed by atoms with Gasteiger partial charge in [-0.25, -0.2) is 0 Å². The van der Waals surface area contributed by atoms with E-state index in [2.05, 4.69) is 46.1 Å². The first-order valence-electron chi connectivity index (χ1n) is 9.00. The van der Waals surface area contributed by atoms with Crippen LogP contribution in [0.2, 0.25) is 0 Å². The summed E-state index contributed by atoms with van der Waals surface area (Å²) in [6.45, 7) is 3.23. The average Bonchev–Trinajstić information content (AvgIpc) is 3.13. The van der Waals surface area contributed by atoms with Crippen LogP contribution in [0.25, 0.3) is 10.9 Å². The number of rotatable bonds is 7. The van der Waals surface area contributed by atoms with Gasteiger partial charge in [0.25, 0.3) is 0 Å². The van der Waals surface area contributed by atoms with Crippen LogP contribution in [-0.2, 0) is 0 Å². The summed E-state index contributed by atoms with van der Waals surface area (Å²) in [4.78, 5) is 3.37. The second-order valence-electron chi connectivity index (χ2n) is 6.15. The summed E-state index contributed by atoms with van der Waals surface area (Å²) in [5.74, 6) is 1.58. The lowest BCUT2D eigenvalue weighted by atomic mass is 9.90. The highest BCUT2D eigenvalue weighted by Gasteiger charge is 2.20. The van der Waals surface area contributed by atoms with E-state index in [0.717, 1.165) is 22.6 Å². The molecule has 0 aliphatic carbocycles. The van der Waals surface area contributed by atoms with Crippen molar-refractivity contribution in [3.8, 4) is 11.5 Å². The molecule has 1 atom stereocenters. The maximum atomic E-state index is 5.66. The number of benzene rings is 2. The van der Waals surface area contributed by atoms with Gasteiger partial charge in [-0.15, -0.1) is 0 Å². The van der Waals surface area contributed by atoms with Crippen molar-refractivity contribution in [3.63, 3.8) is 0 Å². The highest BCUT2D eigenvalue weighted by Crippen LogP contribution is 2.35. The van der Waals surface area contributed by atoms with E-state index in [9.17, 15) is 0 Å². The number of aromatic amines is 1. The van der Waals surface area contributed by atoms with Gasteiger partial charge in [0, 0.05) is 36.6 Å². The molecule has 2 aromatic carbocycles. The lowest BCUT2D eigenvalue weighted by Crippen LogP contribution is -2.35. The minimum atomic E-state index is 0.0945. The van der Waals surface area contributed by atoms with Crippen molar-refractivity contribution in [1.82, 2.24) is 15.6 Å². The van der Waals surface area contributed by atoms with Crippen molar-refractivity contribution >= 4 is 28.2 Å². The number of fused-ring (bicyclic) bond motifs is 1. The Hall–Kier alpha value is -2.73. The zero-order valence-corrected chi connectivity index (χ0v) is 16.7. The SMILES string of the molecule is CCOc1ccc([C@H](CNC(=S)NC)c2c[nH]c3ccccc23)cc1OC. The van der Waals surface area contributed by atoms with Gasteiger partial charge in [-0.05, 0) is 48.5 Å². The van der Waals surface area contributed by atoms with Crippen molar-refractivity contribution < 1.29 is 9.47 Å². The van der Waals surface area contributed by atoms with E-state index in [-0.39, 0.29) is 5.92 Å². The smallest absolute Gasteiger partial charge is 0.166 e. The van der Waals surface area contributed by atoms with Crippen LogP contribution in [0.3, 0.4) is 0 Å². The van der Waals surface area contributed by atoms with Gasteiger partial charge in [-0.3, -0.25) is 0 Å². The Labute approximate surface area is 165 Å². The predicted octanol–water partition coefficient (Wildman–Crippen LogP) is 3.80. The number of para-hydroxylation sites is 1. The second kappa shape index (κ2) is 8.77. The van der Waals surface area contributed by atoms with Gasteiger partial charge in [-0.1, -0.05) is 24.3 Å². The number of hydrogen-bond acceptors (Lipinski definition) is 3. The van der Waals surface area contributed by atoms with Gasteiger partial charge >= 0.3 is 0 Å². The molecule has 27 heavy (non-hydrogen) atoms. The number of aromatic nitrogens is 1. The van der Waals surface area contributed by atoms with Crippen LogP contribution in [0.5, 0.6) is 11.5 Å². The fourth-order valence-electron chi connectivity index (χ4n) is 3.25. The fourth-order valence-corrected chi connectivity index (χ4v) is 3.33. The lowest BCUT2D eigenvalue weighted by molar-refractivity contribution is 0.310. The molecule has 142 valence electrons. The quantitative estimate of drug-likeness (QED) is 0.542. The molecule has 0 bridgehead atoms. The first-order valence-corrected chi connectivity index (χ1v) is 9.41. The summed E-state index contributed by atoms with van der Waals surface area (Å²) in [5, 5.41) is 8.09. The third kappa shape index (κ3) is 4.17. The normalized spacial score (nSPS) is 11.8. The number of methoxy groups -OCH3 is 1. The minimum Gasteiger partial charge on any atom is -0.493 e. The van der Waals surface area contributed by atoms with Gasteiger partial charge in [0.1, 0.15) is 0 Å². The Bertz CT molecular complexity index is 923. The number of hydrogen-bond donors (Lipinski definition) is 3. The van der Waals surface area contributed by atoms with Gasteiger partial charge in [0.2, 0.25) is 0 Å². The van der Waals surface area contributed by atoms with E-state index < -0.39 is 0 Å². The predicted molar refractivity (Wildman–Crippen MR) is 114 cm³/mol. The molecule has 0 spiro atoms. The standard InChI is InChI=1S/C21H25N3O2S/c1-4-26-19-10-9-14(11-20(19)25-3)16(12-24-21(27)22-2)17-13-23-18-8-6-5-7-15(17)18/h5-11,13,16,23H,4,12H2,1-3H3,(H2,22,24,27)/t16-/m0/s1. The molecule has 0 amide bonds. The molecule has 0 aliphatic rings. The van der Waals surface area contributed by atoms with E-state index in [1.165, 1.54) is 10.9 Å². The molecule has 0 radical (unpaired) electrons. The molecule has 3 aromatic rings. The molecule has 0 saturated heterocycles. The summed E-state index contributed by atoms with van der Waals surface area (Å²) in [5.41, 5.74) is 3.46. The van der Waals surface area contributed by atoms with Gasteiger partial charge in [0.05, 0.1) is 13.7 Å². The summed E-state index contributed by atoms with van der Waals surface area (Å²) >= 11 is 5.28. The molecule has 0 unspecified atom stereocenters.